The van der Waals surface area contributed by atoms with Crippen molar-refractivity contribution >= 4 is 5.91 Å². The fourth-order valence-corrected chi connectivity index (χ4v) is 2.76. The second-order valence-electron chi connectivity index (χ2n) is 5.85. The maximum absolute atomic E-state index is 12.8. The Balaban J connectivity index is 1.93. The van der Waals surface area contributed by atoms with E-state index in [1.165, 1.54) is 0 Å². The number of hydrogen-bond acceptors (Lipinski definition) is 3. The molecule has 0 radical (unpaired) electrons. The van der Waals surface area contributed by atoms with Crippen molar-refractivity contribution < 1.29 is 9.21 Å². The van der Waals surface area contributed by atoms with E-state index >= 15 is 0 Å². The molecule has 1 aromatic heterocycles. The molecule has 4 heteroatoms. The Morgan fingerprint density at radius 1 is 1.04 bits per heavy atom. The summed E-state index contributed by atoms with van der Waals surface area (Å²) in [4.78, 5) is 12.8. The van der Waals surface area contributed by atoms with Crippen LogP contribution in [0.5, 0.6) is 0 Å². The molecule has 0 saturated carbocycles. The van der Waals surface area contributed by atoms with Gasteiger partial charge in [-0.2, -0.15) is 5.26 Å². The van der Waals surface area contributed by atoms with Crippen LogP contribution in [0.4, 0.5) is 0 Å². The normalized spacial score (nSPS) is 11.6. The van der Waals surface area contributed by atoms with E-state index in [0.29, 0.717) is 16.9 Å². The van der Waals surface area contributed by atoms with Crippen LogP contribution in [0.2, 0.25) is 0 Å². The summed E-state index contributed by atoms with van der Waals surface area (Å²) in [6, 6.07) is 20.2. The second kappa shape index (κ2) is 7.06. The minimum absolute atomic E-state index is 0.204. The fraction of sp³-hybridized carbons (Fsp3) is 0.143. The van der Waals surface area contributed by atoms with E-state index in [9.17, 15) is 10.1 Å². The standard InChI is InChI=1S/C21H18N2O2/c1-14-11-12-20(25-14)15(2)23-21(24)19-10-6-5-9-18(19)17-8-4-3-7-16(17)13-22/h3-12,15H,1-2H3,(H,23,24). The van der Waals surface area contributed by atoms with Crippen molar-refractivity contribution in [2.75, 3.05) is 0 Å². The summed E-state index contributed by atoms with van der Waals surface area (Å²) in [5, 5.41) is 12.3. The molecule has 4 nitrogen and oxygen atoms in total. The number of hydrogen-bond donors (Lipinski definition) is 1. The van der Waals surface area contributed by atoms with Crippen molar-refractivity contribution in [2.24, 2.45) is 0 Å². The largest absolute Gasteiger partial charge is 0.464 e. The molecule has 0 saturated heterocycles. The number of amides is 1. The lowest BCUT2D eigenvalue weighted by Crippen LogP contribution is -2.26. The van der Waals surface area contributed by atoms with Crippen LogP contribution in [0.3, 0.4) is 0 Å². The number of carbonyl (C=O) groups is 1. The zero-order valence-corrected chi connectivity index (χ0v) is 14.1. The number of furan rings is 1. The predicted molar refractivity (Wildman–Crippen MR) is 95.9 cm³/mol. The number of nitrogens with one attached hydrogen (secondary N) is 1. The lowest BCUT2D eigenvalue weighted by atomic mass is 9.95. The van der Waals surface area contributed by atoms with Crippen molar-refractivity contribution in [3.63, 3.8) is 0 Å². The van der Waals surface area contributed by atoms with E-state index in [2.05, 4.69) is 11.4 Å². The minimum atomic E-state index is -0.250. The molecule has 0 fully saturated rings. The first-order valence-corrected chi connectivity index (χ1v) is 8.06. The van der Waals surface area contributed by atoms with Crippen LogP contribution in [-0.4, -0.2) is 5.91 Å². The van der Waals surface area contributed by atoms with E-state index < -0.39 is 0 Å². The summed E-state index contributed by atoms with van der Waals surface area (Å²) in [5.41, 5.74) is 2.55. The minimum Gasteiger partial charge on any atom is -0.464 e. The maximum atomic E-state index is 12.8. The monoisotopic (exact) mass is 330 g/mol. The summed E-state index contributed by atoms with van der Waals surface area (Å²) < 4.78 is 5.58. The number of rotatable bonds is 4. The zero-order chi connectivity index (χ0) is 17.8. The summed E-state index contributed by atoms with van der Waals surface area (Å²) >= 11 is 0. The van der Waals surface area contributed by atoms with Crippen LogP contribution >= 0.6 is 0 Å². The molecule has 1 N–H and O–H groups in total. The van der Waals surface area contributed by atoms with Crippen molar-refractivity contribution in [1.82, 2.24) is 5.32 Å². The topological polar surface area (TPSA) is 66.0 Å². The smallest absolute Gasteiger partial charge is 0.252 e. The molecule has 1 heterocycles. The van der Waals surface area contributed by atoms with Gasteiger partial charge in [-0.05, 0) is 43.7 Å². The van der Waals surface area contributed by atoms with E-state index in [0.717, 1.165) is 16.9 Å². The third kappa shape index (κ3) is 3.46. The third-order valence-corrected chi connectivity index (χ3v) is 4.04. The molecule has 0 bridgehead atoms. The van der Waals surface area contributed by atoms with Crippen molar-refractivity contribution in [1.29, 1.82) is 5.26 Å². The number of nitrogens with zero attached hydrogens (tertiary/aromatic N) is 1. The van der Waals surface area contributed by atoms with Gasteiger partial charge < -0.3 is 9.73 Å². The number of benzene rings is 2. The van der Waals surface area contributed by atoms with Gasteiger partial charge in [-0.3, -0.25) is 4.79 Å². The van der Waals surface area contributed by atoms with Gasteiger partial charge in [0.05, 0.1) is 17.7 Å². The van der Waals surface area contributed by atoms with Crippen LogP contribution in [0.25, 0.3) is 11.1 Å². The van der Waals surface area contributed by atoms with Gasteiger partial charge in [0.2, 0.25) is 0 Å². The van der Waals surface area contributed by atoms with Gasteiger partial charge in [0.1, 0.15) is 11.5 Å². The molecule has 0 spiro atoms. The average Bonchev–Trinajstić information content (AvgIpc) is 3.08. The Hall–Kier alpha value is -3.32. The Kier molecular flexibility index (Phi) is 4.67. The molecule has 25 heavy (non-hydrogen) atoms. The Bertz CT molecular complexity index is 950. The van der Waals surface area contributed by atoms with Crippen LogP contribution in [-0.2, 0) is 0 Å². The molecular formula is C21H18N2O2. The highest BCUT2D eigenvalue weighted by Gasteiger charge is 2.18. The summed E-state index contributed by atoms with van der Waals surface area (Å²) in [5.74, 6) is 1.31. The van der Waals surface area contributed by atoms with Crippen LogP contribution in [0.15, 0.2) is 65.1 Å². The van der Waals surface area contributed by atoms with Gasteiger partial charge >= 0.3 is 0 Å². The Labute approximate surface area is 146 Å². The van der Waals surface area contributed by atoms with Gasteiger partial charge in [-0.15, -0.1) is 0 Å². The van der Waals surface area contributed by atoms with E-state index in [-0.39, 0.29) is 11.9 Å². The molecule has 3 aromatic rings. The molecule has 1 amide bonds. The highest BCUT2D eigenvalue weighted by molar-refractivity contribution is 6.01. The molecule has 1 atom stereocenters. The fourth-order valence-electron chi connectivity index (χ4n) is 2.76. The quantitative estimate of drug-likeness (QED) is 0.759. The lowest BCUT2D eigenvalue weighted by Gasteiger charge is -2.15. The molecule has 3 rings (SSSR count). The van der Waals surface area contributed by atoms with Gasteiger partial charge in [0, 0.05) is 11.1 Å². The van der Waals surface area contributed by atoms with Crippen LogP contribution in [0.1, 0.15) is 40.4 Å². The Morgan fingerprint density at radius 3 is 2.40 bits per heavy atom. The van der Waals surface area contributed by atoms with Crippen molar-refractivity contribution in [3.05, 3.63) is 83.3 Å². The molecule has 1 unspecified atom stereocenters. The predicted octanol–water partition coefficient (Wildman–Crippen LogP) is 4.62. The first-order chi connectivity index (χ1) is 12.1. The lowest BCUT2D eigenvalue weighted by molar-refractivity contribution is 0.0936. The number of nitriles is 1. The average molecular weight is 330 g/mol. The van der Waals surface area contributed by atoms with Crippen LogP contribution < -0.4 is 5.32 Å². The van der Waals surface area contributed by atoms with Gasteiger partial charge in [0.25, 0.3) is 5.91 Å². The summed E-state index contributed by atoms with van der Waals surface area (Å²) in [6.07, 6.45) is 0. The first-order valence-electron chi connectivity index (χ1n) is 8.06. The molecule has 2 aromatic carbocycles. The van der Waals surface area contributed by atoms with E-state index in [1.54, 1.807) is 12.1 Å². The maximum Gasteiger partial charge on any atom is 0.252 e. The molecular weight excluding hydrogens is 312 g/mol. The van der Waals surface area contributed by atoms with Crippen molar-refractivity contribution in [3.8, 4) is 17.2 Å². The van der Waals surface area contributed by atoms with E-state index in [4.69, 9.17) is 4.42 Å². The van der Waals surface area contributed by atoms with E-state index in [1.807, 2.05) is 62.4 Å². The Morgan fingerprint density at radius 2 is 1.72 bits per heavy atom. The molecule has 0 aliphatic carbocycles. The van der Waals surface area contributed by atoms with Crippen LogP contribution in [0, 0.1) is 18.3 Å². The molecule has 0 aliphatic rings. The molecule has 124 valence electrons. The molecule has 0 aliphatic heterocycles. The zero-order valence-electron chi connectivity index (χ0n) is 14.1. The number of carbonyl (C=O) groups excluding carboxylic acids is 1. The second-order valence-corrected chi connectivity index (χ2v) is 5.85. The van der Waals surface area contributed by atoms with Crippen molar-refractivity contribution in [2.45, 2.75) is 19.9 Å². The first kappa shape index (κ1) is 16.5. The highest BCUT2D eigenvalue weighted by atomic mass is 16.3. The number of aryl methyl sites for hydroxylation is 1. The summed E-state index contributed by atoms with van der Waals surface area (Å²) in [7, 11) is 0. The van der Waals surface area contributed by atoms with Gasteiger partial charge in [-0.1, -0.05) is 36.4 Å². The third-order valence-electron chi connectivity index (χ3n) is 4.04. The highest BCUT2D eigenvalue weighted by Crippen LogP contribution is 2.27. The van der Waals surface area contributed by atoms with Gasteiger partial charge in [-0.25, -0.2) is 0 Å². The SMILES string of the molecule is Cc1ccc(C(C)NC(=O)c2ccccc2-c2ccccc2C#N)o1. The summed E-state index contributed by atoms with van der Waals surface area (Å²) in [6.45, 7) is 3.74. The van der Waals surface area contributed by atoms with Gasteiger partial charge in [0.15, 0.2) is 0 Å².